The number of hydrogen-bond donors (Lipinski definition) is 2. The van der Waals surface area contributed by atoms with Crippen molar-refractivity contribution in [2.24, 2.45) is 0 Å². The highest BCUT2D eigenvalue weighted by Crippen LogP contribution is 2.42. The first kappa shape index (κ1) is 12.2. The van der Waals surface area contributed by atoms with Gasteiger partial charge in [-0.25, -0.2) is 0 Å². The van der Waals surface area contributed by atoms with Crippen LogP contribution >= 0.6 is 0 Å². The van der Waals surface area contributed by atoms with E-state index in [1.807, 2.05) is 0 Å². The molecule has 17 heavy (non-hydrogen) atoms. The molecule has 0 saturated heterocycles. The molecule has 0 aliphatic heterocycles. The van der Waals surface area contributed by atoms with Crippen molar-refractivity contribution in [2.45, 2.75) is 37.5 Å². The third kappa shape index (κ3) is 2.24. The summed E-state index contributed by atoms with van der Waals surface area (Å²) >= 11 is 0. The third-order valence-electron chi connectivity index (χ3n) is 3.31. The van der Waals surface area contributed by atoms with Gasteiger partial charge >= 0.3 is 6.18 Å². The number of aliphatic hydroxyl groups is 1. The number of alkyl halides is 3. The molecular weight excluding hydrogens is 231 g/mol. The van der Waals surface area contributed by atoms with Gasteiger partial charge in [0, 0.05) is 11.3 Å². The maximum Gasteiger partial charge on any atom is 0.416 e. The highest BCUT2D eigenvalue weighted by molar-refractivity contribution is 5.52. The Morgan fingerprint density at radius 1 is 1.18 bits per heavy atom. The molecule has 0 radical (unpaired) electrons. The van der Waals surface area contributed by atoms with Crippen molar-refractivity contribution in [1.82, 2.24) is 0 Å². The van der Waals surface area contributed by atoms with E-state index in [-0.39, 0.29) is 11.3 Å². The largest absolute Gasteiger partial charge is 0.416 e. The van der Waals surface area contributed by atoms with Crippen LogP contribution in [-0.2, 0) is 11.8 Å². The van der Waals surface area contributed by atoms with Gasteiger partial charge in [-0.1, -0.05) is 12.8 Å². The molecule has 1 saturated carbocycles. The molecule has 0 heterocycles. The van der Waals surface area contributed by atoms with E-state index in [2.05, 4.69) is 0 Å². The molecule has 2 nitrogen and oxygen atoms in total. The maximum absolute atomic E-state index is 12.6. The highest BCUT2D eigenvalue weighted by Gasteiger charge is 2.37. The van der Waals surface area contributed by atoms with E-state index < -0.39 is 17.3 Å². The first-order valence-corrected chi connectivity index (χ1v) is 5.52. The van der Waals surface area contributed by atoms with E-state index in [9.17, 15) is 18.3 Å². The molecule has 2 rings (SSSR count). The Hall–Kier alpha value is -1.23. The minimum atomic E-state index is -4.41. The molecule has 1 fully saturated rings. The first-order valence-electron chi connectivity index (χ1n) is 5.52. The Morgan fingerprint density at radius 2 is 1.76 bits per heavy atom. The summed E-state index contributed by atoms with van der Waals surface area (Å²) < 4.78 is 37.8. The molecule has 3 N–H and O–H groups in total. The fraction of sp³-hybridized carbons (Fsp3) is 0.500. The van der Waals surface area contributed by atoms with Gasteiger partial charge < -0.3 is 10.8 Å². The van der Waals surface area contributed by atoms with E-state index in [0.717, 1.165) is 25.0 Å². The Kier molecular flexibility index (Phi) is 2.81. The van der Waals surface area contributed by atoms with Crippen LogP contribution in [0.3, 0.4) is 0 Å². The zero-order chi connectivity index (χ0) is 12.7. The number of anilines is 1. The van der Waals surface area contributed by atoms with Crippen molar-refractivity contribution < 1.29 is 18.3 Å². The molecule has 1 aromatic carbocycles. The average Bonchev–Trinajstić information content (AvgIpc) is 2.65. The van der Waals surface area contributed by atoms with Crippen LogP contribution in [-0.4, -0.2) is 5.11 Å². The molecule has 0 amide bonds. The number of benzene rings is 1. The second-order valence-corrected chi connectivity index (χ2v) is 4.54. The van der Waals surface area contributed by atoms with Crippen molar-refractivity contribution in [3.05, 3.63) is 29.3 Å². The summed E-state index contributed by atoms with van der Waals surface area (Å²) in [6, 6.07) is 3.13. The maximum atomic E-state index is 12.6. The predicted octanol–water partition coefficient (Wildman–Crippen LogP) is 3.05. The summed E-state index contributed by atoms with van der Waals surface area (Å²) in [5.41, 5.74) is 4.16. The monoisotopic (exact) mass is 245 g/mol. The van der Waals surface area contributed by atoms with Crippen LogP contribution in [0.2, 0.25) is 0 Å². The van der Waals surface area contributed by atoms with Gasteiger partial charge in [-0.2, -0.15) is 13.2 Å². The molecule has 5 heteroatoms. The topological polar surface area (TPSA) is 46.2 Å². The van der Waals surface area contributed by atoms with Gasteiger partial charge in [-0.15, -0.1) is 0 Å². The van der Waals surface area contributed by atoms with Crippen LogP contribution in [0.1, 0.15) is 36.8 Å². The van der Waals surface area contributed by atoms with Gasteiger partial charge in [0.2, 0.25) is 0 Å². The minimum absolute atomic E-state index is 0.213. The van der Waals surface area contributed by atoms with Gasteiger partial charge in [-0.05, 0) is 31.0 Å². The second kappa shape index (κ2) is 3.91. The molecule has 0 unspecified atom stereocenters. The van der Waals surface area contributed by atoms with Crippen molar-refractivity contribution >= 4 is 5.69 Å². The quantitative estimate of drug-likeness (QED) is 0.747. The minimum Gasteiger partial charge on any atom is -0.398 e. The van der Waals surface area contributed by atoms with Gasteiger partial charge in [-0.3, -0.25) is 0 Å². The van der Waals surface area contributed by atoms with E-state index in [4.69, 9.17) is 5.73 Å². The molecule has 0 spiro atoms. The first-order chi connectivity index (χ1) is 7.83. The van der Waals surface area contributed by atoms with Gasteiger partial charge in [0.25, 0.3) is 0 Å². The van der Waals surface area contributed by atoms with Crippen LogP contribution in [0.4, 0.5) is 18.9 Å². The van der Waals surface area contributed by atoms with Gasteiger partial charge in [0.05, 0.1) is 11.2 Å². The lowest BCUT2D eigenvalue weighted by Gasteiger charge is -2.25. The fourth-order valence-corrected chi connectivity index (χ4v) is 2.36. The zero-order valence-electron chi connectivity index (χ0n) is 9.22. The number of nitrogens with two attached hydrogens (primary N) is 1. The predicted molar refractivity (Wildman–Crippen MR) is 58.2 cm³/mol. The Morgan fingerprint density at radius 3 is 2.29 bits per heavy atom. The normalized spacial score (nSPS) is 19.5. The molecule has 0 bridgehead atoms. The van der Waals surface area contributed by atoms with Crippen LogP contribution < -0.4 is 5.73 Å². The summed E-state index contributed by atoms with van der Waals surface area (Å²) in [6.07, 6.45) is -1.84. The van der Waals surface area contributed by atoms with Crippen LogP contribution in [0, 0.1) is 0 Å². The lowest BCUT2D eigenvalue weighted by Crippen LogP contribution is -2.23. The molecule has 0 atom stereocenters. The van der Waals surface area contributed by atoms with Crippen molar-refractivity contribution in [3.63, 3.8) is 0 Å². The summed E-state index contributed by atoms with van der Waals surface area (Å²) in [7, 11) is 0. The van der Waals surface area contributed by atoms with E-state index >= 15 is 0 Å². The second-order valence-electron chi connectivity index (χ2n) is 4.54. The summed E-state index contributed by atoms with van der Waals surface area (Å²) in [4.78, 5) is 0. The molecule has 0 aromatic heterocycles. The number of nitrogen functional groups attached to an aromatic ring is 1. The van der Waals surface area contributed by atoms with Crippen molar-refractivity contribution in [3.8, 4) is 0 Å². The lowest BCUT2D eigenvalue weighted by atomic mass is 9.89. The smallest absolute Gasteiger partial charge is 0.398 e. The SMILES string of the molecule is Nc1ccc(C(F)(F)F)cc1C1(O)CCCC1. The van der Waals surface area contributed by atoms with Crippen LogP contribution in [0.15, 0.2) is 18.2 Å². The standard InChI is InChI=1S/C12H14F3NO/c13-12(14,15)8-3-4-10(16)9(7-8)11(17)5-1-2-6-11/h3-4,7,17H,1-2,5-6,16H2. The molecule has 1 aliphatic rings. The summed E-state index contributed by atoms with van der Waals surface area (Å²) in [5, 5.41) is 10.3. The lowest BCUT2D eigenvalue weighted by molar-refractivity contribution is -0.137. The number of halogens is 3. The summed E-state index contributed by atoms with van der Waals surface area (Å²) in [6.45, 7) is 0. The Balaban J connectivity index is 2.46. The molecular formula is C12H14F3NO. The van der Waals surface area contributed by atoms with Crippen molar-refractivity contribution in [2.75, 3.05) is 5.73 Å². The van der Waals surface area contributed by atoms with E-state index in [1.165, 1.54) is 6.07 Å². The van der Waals surface area contributed by atoms with Crippen LogP contribution in [0.25, 0.3) is 0 Å². The average molecular weight is 245 g/mol. The molecule has 94 valence electrons. The Labute approximate surface area is 97.2 Å². The van der Waals surface area contributed by atoms with E-state index in [1.54, 1.807) is 0 Å². The van der Waals surface area contributed by atoms with Gasteiger partial charge in [0.1, 0.15) is 0 Å². The third-order valence-corrected chi connectivity index (χ3v) is 3.31. The Bertz CT molecular complexity index is 422. The zero-order valence-corrected chi connectivity index (χ0v) is 9.22. The number of rotatable bonds is 1. The highest BCUT2D eigenvalue weighted by atomic mass is 19.4. The summed E-state index contributed by atoms with van der Waals surface area (Å²) in [5.74, 6) is 0. The molecule has 1 aromatic rings. The molecule has 1 aliphatic carbocycles. The number of hydrogen-bond acceptors (Lipinski definition) is 2. The van der Waals surface area contributed by atoms with E-state index in [0.29, 0.717) is 12.8 Å². The van der Waals surface area contributed by atoms with Crippen LogP contribution in [0.5, 0.6) is 0 Å². The van der Waals surface area contributed by atoms with Gasteiger partial charge in [0.15, 0.2) is 0 Å². The fourth-order valence-electron chi connectivity index (χ4n) is 2.36. The van der Waals surface area contributed by atoms with Crippen molar-refractivity contribution in [1.29, 1.82) is 0 Å².